The summed E-state index contributed by atoms with van der Waals surface area (Å²) >= 11 is 0. The molecule has 0 aliphatic carbocycles. The Hall–Kier alpha value is -1.69. The van der Waals surface area contributed by atoms with Gasteiger partial charge in [0.1, 0.15) is 4.90 Å². The Morgan fingerprint density at radius 2 is 1.86 bits per heavy atom. The summed E-state index contributed by atoms with van der Waals surface area (Å²) in [6.07, 6.45) is 0.769. The van der Waals surface area contributed by atoms with Crippen LogP contribution in [-0.4, -0.2) is 35.5 Å². The number of sulfone groups is 1. The van der Waals surface area contributed by atoms with Crippen molar-refractivity contribution in [2.45, 2.75) is 16.2 Å². The van der Waals surface area contributed by atoms with Crippen LogP contribution in [0.3, 0.4) is 0 Å². The molecule has 118 valence electrons. The minimum atomic E-state index is -4.05. The van der Waals surface area contributed by atoms with Crippen LogP contribution in [0.1, 0.15) is 6.42 Å². The normalized spacial score (nSPS) is 12.1. The van der Waals surface area contributed by atoms with E-state index in [0.29, 0.717) is 0 Å². The molecule has 0 aliphatic heterocycles. The second-order valence-electron chi connectivity index (χ2n) is 4.19. The molecule has 11 heteroatoms. The third-order valence-corrected chi connectivity index (χ3v) is 5.10. The molecule has 0 aliphatic rings. The highest BCUT2D eigenvalue weighted by Gasteiger charge is 2.21. The van der Waals surface area contributed by atoms with E-state index in [4.69, 9.17) is 11.6 Å². The summed E-state index contributed by atoms with van der Waals surface area (Å²) in [4.78, 5) is 10.1. The van der Waals surface area contributed by atoms with Gasteiger partial charge in [-0.05, 0) is 18.2 Å². The number of anilines is 1. The molecule has 0 fully saturated rings. The Kier molecular flexibility index (Phi) is 5.28. The zero-order valence-corrected chi connectivity index (χ0v) is 12.8. The van der Waals surface area contributed by atoms with Crippen molar-refractivity contribution in [2.75, 3.05) is 18.2 Å². The fourth-order valence-electron chi connectivity index (χ4n) is 1.46. The SMILES string of the molecule is CS(=O)(=O)c1ccc(NN)c(S(=O)(=O)NCCC(N)=O)c1. The summed E-state index contributed by atoms with van der Waals surface area (Å²) in [6.45, 7) is -0.204. The number of hydrazine groups is 1. The molecular formula is C10H16N4O5S2. The van der Waals surface area contributed by atoms with Crippen LogP contribution < -0.4 is 21.7 Å². The average Bonchev–Trinajstić information content (AvgIpc) is 2.36. The lowest BCUT2D eigenvalue weighted by Crippen LogP contribution is -2.29. The highest BCUT2D eigenvalue weighted by atomic mass is 32.2. The molecule has 1 amide bonds. The maximum atomic E-state index is 12.1. The van der Waals surface area contributed by atoms with E-state index in [9.17, 15) is 21.6 Å². The van der Waals surface area contributed by atoms with Gasteiger partial charge in [-0.1, -0.05) is 0 Å². The number of sulfonamides is 1. The van der Waals surface area contributed by atoms with Gasteiger partial charge in [-0.3, -0.25) is 10.6 Å². The van der Waals surface area contributed by atoms with Gasteiger partial charge in [-0.25, -0.2) is 21.6 Å². The van der Waals surface area contributed by atoms with Gasteiger partial charge in [0.25, 0.3) is 0 Å². The first-order valence-corrected chi connectivity index (χ1v) is 9.04. The summed E-state index contributed by atoms with van der Waals surface area (Å²) in [5, 5.41) is 0. The third kappa shape index (κ3) is 4.67. The third-order valence-electron chi connectivity index (χ3n) is 2.49. The molecule has 0 spiro atoms. The standard InChI is InChI=1S/C10H16N4O5S2/c1-20(16,17)7-2-3-8(14-12)9(6-7)21(18,19)13-5-4-10(11)15/h2-3,6,13-14H,4-5,12H2,1H3,(H2,11,15). The first-order valence-electron chi connectivity index (χ1n) is 5.66. The minimum absolute atomic E-state index is 0.0222. The maximum absolute atomic E-state index is 12.1. The summed E-state index contributed by atoms with van der Waals surface area (Å²) in [6, 6.07) is 3.45. The highest BCUT2D eigenvalue weighted by molar-refractivity contribution is 7.91. The van der Waals surface area contributed by atoms with Crippen molar-refractivity contribution < 1.29 is 21.6 Å². The van der Waals surface area contributed by atoms with Crippen molar-refractivity contribution in [2.24, 2.45) is 11.6 Å². The van der Waals surface area contributed by atoms with Gasteiger partial charge in [0, 0.05) is 19.2 Å². The van der Waals surface area contributed by atoms with Gasteiger partial charge in [-0.2, -0.15) is 0 Å². The molecule has 0 aromatic heterocycles. The van der Waals surface area contributed by atoms with E-state index in [1.807, 2.05) is 0 Å². The zero-order valence-electron chi connectivity index (χ0n) is 11.2. The fraction of sp³-hybridized carbons (Fsp3) is 0.300. The quantitative estimate of drug-likeness (QED) is 0.349. The van der Waals surface area contributed by atoms with Gasteiger partial charge >= 0.3 is 0 Å². The van der Waals surface area contributed by atoms with Crippen LogP contribution in [-0.2, 0) is 24.7 Å². The first-order chi connectivity index (χ1) is 9.58. The van der Waals surface area contributed by atoms with Gasteiger partial charge in [-0.15, -0.1) is 0 Å². The van der Waals surface area contributed by atoms with Crippen LogP contribution in [0, 0.1) is 0 Å². The summed E-state index contributed by atoms with van der Waals surface area (Å²) in [5.74, 6) is 4.55. The van der Waals surface area contributed by atoms with E-state index in [-0.39, 0.29) is 28.4 Å². The van der Waals surface area contributed by atoms with E-state index in [2.05, 4.69) is 10.1 Å². The summed E-state index contributed by atoms with van der Waals surface area (Å²) < 4.78 is 49.4. The van der Waals surface area contributed by atoms with Crippen LogP contribution >= 0.6 is 0 Å². The smallest absolute Gasteiger partial charge is 0.242 e. The number of hydrogen-bond acceptors (Lipinski definition) is 7. The van der Waals surface area contributed by atoms with Gasteiger partial charge in [0.2, 0.25) is 15.9 Å². The lowest BCUT2D eigenvalue weighted by atomic mass is 10.3. The molecule has 1 aromatic carbocycles. The van der Waals surface area contributed by atoms with Gasteiger partial charge in [0.05, 0.1) is 10.6 Å². The number of primary amides is 1. The Morgan fingerprint density at radius 1 is 1.24 bits per heavy atom. The first kappa shape index (κ1) is 17.4. The van der Waals surface area contributed by atoms with Crippen LogP contribution in [0.25, 0.3) is 0 Å². The second-order valence-corrected chi connectivity index (χ2v) is 7.94. The van der Waals surface area contributed by atoms with Crippen LogP contribution in [0.5, 0.6) is 0 Å². The molecule has 21 heavy (non-hydrogen) atoms. The number of hydrogen-bond donors (Lipinski definition) is 4. The number of benzene rings is 1. The molecule has 0 unspecified atom stereocenters. The van der Waals surface area contributed by atoms with Crippen LogP contribution in [0.4, 0.5) is 5.69 Å². The van der Waals surface area contributed by atoms with Crippen molar-refractivity contribution in [3.05, 3.63) is 18.2 Å². The Balaban J connectivity index is 3.23. The van der Waals surface area contributed by atoms with E-state index in [1.165, 1.54) is 12.1 Å². The number of nitrogens with two attached hydrogens (primary N) is 2. The molecule has 0 saturated heterocycles. The maximum Gasteiger partial charge on any atom is 0.242 e. The zero-order chi connectivity index (χ0) is 16.3. The number of amides is 1. The largest absolute Gasteiger partial charge is 0.370 e. The molecule has 0 atom stereocenters. The predicted molar refractivity (Wildman–Crippen MR) is 76.4 cm³/mol. The van der Waals surface area contributed by atoms with E-state index >= 15 is 0 Å². The number of carbonyl (C=O) groups excluding carboxylic acids is 1. The molecule has 6 N–H and O–H groups in total. The summed E-state index contributed by atoms with van der Waals surface area (Å²) in [5.41, 5.74) is 7.11. The Bertz CT molecular complexity index is 743. The van der Waals surface area contributed by atoms with E-state index in [0.717, 1.165) is 12.3 Å². The molecule has 1 rings (SSSR count). The van der Waals surface area contributed by atoms with Crippen molar-refractivity contribution in [3.8, 4) is 0 Å². The van der Waals surface area contributed by atoms with Crippen LogP contribution in [0.2, 0.25) is 0 Å². The average molecular weight is 336 g/mol. The molecule has 0 bridgehead atoms. The number of nitrogen functional groups attached to an aromatic ring is 1. The topological polar surface area (TPSA) is 161 Å². The molecule has 0 saturated carbocycles. The van der Waals surface area contributed by atoms with Crippen molar-refractivity contribution in [3.63, 3.8) is 0 Å². The van der Waals surface area contributed by atoms with Crippen molar-refractivity contribution in [1.82, 2.24) is 4.72 Å². The Morgan fingerprint density at radius 3 is 2.33 bits per heavy atom. The van der Waals surface area contributed by atoms with Crippen molar-refractivity contribution >= 4 is 31.5 Å². The number of nitrogens with one attached hydrogen (secondary N) is 2. The predicted octanol–water partition coefficient (Wildman–Crippen LogP) is -1.47. The number of rotatable bonds is 7. The van der Waals surface area contributed by atoms with Gasteiger partial charge in [0.15, 0.2) is 9.84 Å². The van der Waals surface area contributed by atoms with Crippen LogP contribution in [0.15, 0.2) is 28.0 Å². The lowest BCUT2D eigenvalue weighted by molar-refractivity contribution is -0.117. The van der Waals surface area contributed by atoms with Gasteiger partial charge < -0.3 is 11.2 Å². The molecule has 9 nitrogen and oxygen atoms in total. The fourth-order valence-corrected chi connectivity index (χ4v) is 3.41. The Labute approximate surface area is 122 Å². The second kappa shape index (κ2) is 6.39. The molecule has 0 heterocycles. The molecule has 0 radical (unpaired) electrons. The molecule has 1 aromatic rings. The summed E-state index contributed by atoms with van der Waals surface area (Å²) in [7, 11) is -7.63. The molecular weight excluding hydrogens is 320 g/mol. The number of carbonyl (C=O) groups is 1. The van der Waals surface area contributed by atoms with E-state index < -0.39 is 25.8 Å². The lowest BCUT2D eigenvalue weighted by Gasteiger charge is -2.12. The monoisotopic (exact) mass is 336 g/mol. The van der Waals surface area contributed by atoms with E-state index in [1.54, 1.807) is 0 Å². The highest BCUT2D eigenvalue weighted by Crippen LogP contribution is 2.24. The van der Waals surface area contributed by atoms with Crippen molar-refractivity contribution in [1.29, 1.82) is 0 Å². The minimum Gasteiger partial charge on any atom is -0.370 e.